The topological polar surface area (TPSA) is 55.8 Å². The van der Waals surface area contributed by atoms with Gasteiger partial charge in [0.2, 0.25) is 0 Å². The maximum atomic E-state index is 11.0. The Morgan fingerprint density at radius 3 is 2.91 bits per heavy atom. The minimum absolute atomic E-state index is 0.0483. The number of hydrogen-bond acceptors (Lipinski definition) is 4. The molecule has 0 aliphatic carbocycles. The monoisotopic (exact) mass is 158 g/mol. The zero-order valence-electron chi connectivity index (χ0n) is 6.19. The second kappa shape index (κ2) is 2.27. The van der Waals surface area contributed by atoms with Crippen LogP contribution >= 0.6 is 0 Å². The van der Waals surface area contributed by atoms with E-state index in [0.29, 0.717) is 6.42 Å². The van der Waals surface area contributed by atoms with Crippen molar-refractivity contribution in [1.29, 1.82) is 0 Å². The van der Waals surface area contributed by atoms with Crippen LogP contribution < -0.4 is 0 Å². The predicted molar refractivity (Wildman–Crippen MR) is 35.1 cm³/mol. The van der Waals surface area contributed by atoms with E-state index in [1.165, 1.54) is 7.11 Å². The van der Waals surface area contributed by atoms with Gasteiger partial charge in [-0.05, 0) is 0 Å². The van der Waals surface area contributed by atoms with Gasteiger partial charge in [0.05, 0.1) is 6.10 Å². The van der Waals surface area contributed by atoms with E-state index < -0.39 is 18.3 Å². The molecular formula is C7H10O4. The molecule has 0 aromatic rings. The molecule has 11 heavy (non-hydrogen) atoms. The van der Waals surface area contributed by atoms with Gasteiger partial charge in [-0.1, -0.05) is 0 Å². The van der Waals surface area contributed by atoms with Crippen LogP contribution in [0.15, 0.2) is 0 Å². The molecule has 2 bridgehead atoms. The fourth-order valence-corrected chi connectivity index (χ4v) is 1.74. The summed E-state index contributed by atoms with van der Waals surface area (Å²) in [5.41, 5.74) is 0. The fourth-order valence-electron chi connectivity index (χ4n) is 1.74. The Morgan fingerprint density at radius 2 is 2.45 bits per heavy atom. The molecule has 2 saturated heterocycles. The number of fused-ring (bicyclic) bond motifs is 2. The predicted octanol–water partition coefficient (Wildman–Crippen LogP) is -0.898. The van der Waals surface area contributed by atoms with Crippen LogP contribution in [0.2, 0.25) is 0 Å². The van der Waals surface area contributed by atoms with Crippen LogP contribution in [-0.4, -0.2) is 42.4 Å². The Balaban J connectivity index is 2.19. The van der Waals surface area contributed by atoms with Gasteiger partial charge in [-0.3, -0.25) is 4.79 Å². The summed E-state index contributed by atoms with van der Waals surface area (Å²) in [5.74, 6) is 0.0483. The van der Waals surface area contributed by atoms with E-state index in [1.807, 2.05) is 0 Å². The molecule has 0 aromatic carbocycles. The lowest BCUT2D eigenvalue weighted by molar-refractivity contribution is -0.128. The van der Waals surface area contributed by atoms with E-state index >= 15 is 0 Å². The molecular weight excluding hydrogens is 148 g/mol. The van der Waals surface area contributed by atoms with Crippen LogP contribution in [0.3, 0.4) is 0 Å². The molecule has 0 unspecified atom stereocenters. The highest BCUT2D eigenvalue weighted by Gasteiger charge is 2.53. The van der Waals surface area contributed by atoms with E-state index in [-0.39, 0.29) is 11.9 Å². The fraction of sp³-hybridized carbons (Fsp3) is 0.857. The SMILES string of the molecule is CO[C@H]1[C@H](O)[C@H]2CC(=O)[C@@H]1O2. The number of carbonyl (C=O) groups excluding carboxylic acids is 1. The van der Waals surface area contributed by atoms with Crippen molar-refractivity contribution < 1.29 is 19.4 Å². The van der Waals surface area contributed by atoms with Crippen LogP contribution in [0.5, 0.6) is 0 Å². The Morgan fingerprint density at radius 1 is 1.73 bits per heavy atom. The molecule has 2 aliphatic heterocycles. The summed E-state index contributed by atoms with van der Waals surface area (Å²) in [4.78, 5) is 11.0. The van der Waals surface area contributed by atoms with Crippen molar-refractivity contribution in [2.24, 2.45) is 0 Å². The van der Waals surface area contributed by atoms with Crippen molar-refractivity contribution in [2.45, 2.75) is 30.8 Å². The van der Waals surface area contributed by atoms with Gasteiger partial charge in [-0.15, -0.1) is 0 Å². The highest BCUT2D eigenvalue weighted by atomic mass is 16.6. The highest BCUT2D eigenvalue weighted by Crippen LogP contribution is 2.33. The lowest BCUT2D eigenvalue weighted by atomic mass is 9.94. The lowest BCUT2D eigenvalue weighted by Gasteiger charge is -2.20. The van der Waals surface area contributed by atoms with Gasteiger partial charge in [-0.25, -0.2) is 0 Å². The third kappa shape index (κ3) is 0.834. The summed E-state index contributed by atoms with van der Waals surface area (Å²) in [6.45, 7) is 0. The zero-order chi connectivity index (χ0) is 8.01. The maximum Gasteiger partial charge on any atom is 0.167 e. The number of rotatable bonds is 1. The van der Waals surface area contributed by atoms with Crippen molar-refractivity contribution in [3.8, 4) is 0 Å². The van der Waals surface area contributed by atoms with Gasteiger partial charge in [0.1, 0.15) is 18.3 Å². The van der Waals surface area contributed by atoms with Gasteiger partial charge in [0.25, 0.3) is 0 Å². The van der Waals surface area contributed by atoms with Crippen molar-refractivity contribution in [2.75, 3.05) is 7.11 Å². The van der Waals surface area contributed by atoms with E-state index in [0.717, 1.165) is 0 Å². The van der Waals surface area contributed by atoms with E-state index in [2.05, 4.69) is 0 Å². The van der Waals surface area contributed by atoms with Gasteiger partial charge < -0.3 is 14.6 Å². The van der Waals surface area contributed by atoms with Crippen LogP contribution in [0, 0.1) is 0 Å². The molecule has 4 atom stereocenters. The first-order chi connectivity index (χ1) is 5.24. The summed E-state index contributed by atoms with van der Waals surface area (Å²) >= 11 is 0. The summed E-state index contributed by atoms with van der Waals surface area (Å²) < 4.78 is 10.1. The normalized spacial score (nSPS) is 48.7. The zero-order valence-corrected chi connectivity index (χ0v) is 6.19. The molecule has 2 aliphatic rings. The molecule has 1 N–H and O–H groups in total. The number of methoxy groups -OCH3 is 1. The van der Waals surface area contributed by atoms with Crippen molar-refractivity contribution in [3.05, 3.63) is 0 Å². The number of carbonyl (C=O) groups is 1. The van der Waals surface area contributed by atoms with Crippen LogP contribution in [0.4, 0.5) is 0 Å². The van der Waals surface area contributed by atoms with Gasteiger partial charge in [-0.2, -0.15) is 0 Å². The summed E-state index contributed by atoms with van der Waals surface area (Å²) in [6.07, 6.45) is -1.56. The van der Waals surface area contributed by atoms with Crippen molar-refractivity contribution >= 4 is 5.78 Å². The first-order valence-electron chi connectivity index (χ1n) is 3.63. The minimum Gasteiger partial charge on any atom is -0.388 e. The van der Waals surface area contributed by atoms with Gasteiger partial charge >= 0.3 is 0 Å². The van der Waals surface area contributed by atoms with Crippen molar-refractivity contribution in [1.82, 2.24) is 0 Å². The molecule has 0 radical (unpaired) electrons. The van der Waals surface area contributed by atoms with Crippen molar-refractivity contribution in [3.63, 3.8) is 0 Å². The molecule has 0 aromatic heterocycles. The van der Waals surface area contributed by atoms with Gasteiger partial charge in [0.15, 0.2) is 5.78 Å². The third-order valence-electron chi connectivity index (χ3n) is 2.33. The highest BCUT2D eigenvalue weighted by molar-refractivity contribution is 5.87. The third-order valence-corrected chi connectivity index (χ3v) is 2.33. The molecule has 2 rings (SSSR count). The molecule has 2 fully saturated rings. The number of hydrogen-bond donors (Lipinski definition) is 1. The first kappa shape index (κ1) is 7.21. The Kier molecular flexibility index (Phi) is 1.49. The molecule has 0 amide bonds. The van der Waals surface area contributed by atoms with E-state index in [1.54, 1.807) is 0 Å². The second-order valence-electron chi connectivity index (χ2n) is 2.96. The van der Waals surface area contributed by atoms with E-state index in [9.17, 15) is 9.90 Å². The number of aliphatic hydroxyl groups excluding tert-OH is 1. The molecule has 0 spiro atoms. The largest absolute Gasteiger partial charge is 0.388 e. The molecule has 2 heterocycles. The van der Waals surface area contributed by atoms with E-state index in [4.69, 9.17) is 9.47 Å². The Labute approximate surface area is 64.1 Å². The summed E-state index contributed by atoms with van der Waals surface area (Å²) in [5, 5.41) is 9.39. The number of aliphatic hydroxyl groups is 1. The number of ether oxygens (including phenoxy) is 2. The van der Waals surface area contributed by atoms with Crippen LogP contribution in [-0.2, 0) is 14.3 Å². The Bertz CT molecular complexity index is 191. The van der Waals surface area contributed by atoms with Crippen LogP contribution in [0.1, 0.15) is 6.42 Å². The smallest absolute Gasteiger partial charge is 0.167 e. The quantitative estimate of drug-likeness (QED) is 0.537. The van der Waals surface area contributed by atoms with Crippen LogP contribution in [0.25, 0.3) is 0 Å². The lowest BCUT2D eigenvalue weighted by Crippen LogP contribution is -2.42. The number of Topliss-reactive ketones (excluding diaryl/α,β-unsaturated/α-hetero) is 1. The molecule has 0 saturated carbocycles. The Hall–Kier alpha value is -0.450. The second-order valence-corrected chi connectivity index (χ2v) is 2.96. The number of ketones is 1. The summed E-state index contributed by atoms with van der Waals surface area (Å²) in [6, 6.07) is 0. The average Bonchev–Trinajstić information content (AvgIpc) is 2.45. The van der Waals surface area contributed by atoms with Gasteiger partial charge in [0, 0.05) is 13.5 Å². The maximum absolute atomic E-state index is 11.0. The average molecular weight is 158 g/mol. The first-order valence-corrected chi connectivity index (χ1v) is 3.63. The molecule has 4 heteroatoms. The minimum atomic E-state index is -0.622. The molecule has 4 nitrogen and oxygen atoms in total. The molecule has 62 valence electrons. The summed E-state index contributed by atoms with van der Waals surface area (Å²) in [7, 11) is 1.48. The standard InChI is InChI=1S/C7H10O4/c1-10-7-5(9)4-2-3(8)6(7)11-4/h4-7,9H,2H2,1H3/t4-,5-,6+,7+/m1/s1.